The normalized spacial score (nSPS) is 32.9. The van der Waals surface area contributed by atoms with Gasteiger partial charge in [0.05, 0.1) is 6.17 Å². The third kappa shape index (κ3) is 2.63. The van der Waals surface area contributed by atoms with Crippen LogP contribution in [-0.2, 0) is 4.79 Å². The minimum absolute atomic E-state index is 0.0581. The Morgan fingerprint density at radius 3 is 2.36 bits per heavy atom. The Morgan fingerprint density at radius 2 is 1.73 bits per heavy atom. The highest BCUT2D eigenvalue weighted by Crippen LogP contribution is 2.31. The molecule has 6 nitrogen and oxygen atoms in total. The van der Waals surface area contributed by atoms with E-state index in [0.29, 0.717) is 19.0 Å². The lowest BCUT2D eigenvalue weighted by Crippen LogP contribution is -2.67. The summed E-state index contributed by atoms with van der Waals surface area (Å²) in [5.41, 5.74) is 0. The molecule has 3 aliphatic rings. The molecule has 2 aliphatic heterocycles. The van der Waals surface area contributed by atoms with Crippen LogP contribution in [0.15, 0.2) is 0 Å². The highest BCUT2D eigenvalue weighted by atomic mass is 16.2. The molecule has 3 unspecified atom stereocenters. The Bertz CT molecular complexity index is 436. The standard InChI is InChI=1S/C16H28N4O2/c1-3-9-19-14-12(15(21)20(10-4-2)16(19)22)17-13(18-14)11-7-5-6-8-11/h11-14,17-18H,3-10H2,1-2H3. The van der Waals surface area contributed by atoms with Gasteiger partial charge in [0.1, 0.15) is 12.2 Å². The number of rotatable bonds is 5. The maximum Gasteiger partial charge on any atom is 0.328 e. The van der Waals surface area contributed by atoms with Crippen LogP contribution >= 0.6 is 0 Å². The van der Waals surface area contributed by atoms with Crippen LogP contribution in [0.2, 0.25) is 0 Å². The monoisotopic (exact) mass is 308 g/mol. The molecule has 1 saturated carbocycles. The van der Waals surface area contributed by atoms with Crippen molar-refractivity contribution < 1.29 is 9.59 Å². The molecule has 1 aliphatic carbocycles. The number of carbonyl (C=O) groups excluding carboxylic acids is 2. The van der Waals surface area contributed by atoms with Gasteiger partial charge >= 0.3 is 6.03 Å². The van der Waals surface area contributed by atoms with E-state index in [1.807, 2.05) is 11.8 Å². The zero-order valence-electron chi connectivity index (χ0n) is 13.7. The van der Waals surface area contributed by atoms with Crippen molar-refractivity contribution in [1.82, 2.24) is 20.4 Å². The van der Waals surface area contributed by atoms with Gasteiger partial charge in [-0.15, -0.1) is 0 Å². The first-order chi connectivity index (χ1) is 10.7. The van der Waals surface area contributed by atoms with Crippen LogP contribution in [-0.4, -0.2) is 53.2 Å². The molecule has 2 heterocycles. The summed E-state index contributed by atoms with van der Waals surface area (Å²) in [6, 6.07) is -0.419. The fourth-order valence-corrected chi connectivity index (χ4v) is 4.09. The number of hydrogen-bond donors (Lipinski definition) is 2. The van der Waals surface area contributed by atoms with Gasteiger partial charge in [0.25, 0.3) is 5.91 Å². The van der Waals surface area contributed by atoms with E-state index < -0.39 is 0 Å². The number of amides is 3. The van der Waals surface area contributed by atoms with E-state index in [0.717, 1.165) is 12.8 Å². The first kappa shape index (κ1) is 15.7. The molecule has 0 aromatic heterocycles. The van der Waals surface area contributed by atoms with Crippen LogP contribution in [0.1, 0.15) is 52.4 Å². The number of urea groups is 1. The van der Waals surface area contributed by atoms with Gasteiger partial charge < -0.3 is 4.90 Å². The molecule has 0 bridgehead atoms. The van der Waals surface area contributed by atoms with E-state index in [1.165, 1.54) is 30.6 Å². The molecular formula is C16H28N4O2. The molecular weight excluding hydrogens is 280 g/mol. The molecule has 124 valence electrons. The zero-order chi connectivity index (χ0) is 15.7. The summed E-state index contributed by atoms with van der Waals surface area (Å²) in [6.07, 6.45) is 6.64. The van der Waals surface area contributed by atoms with Gasteiger partial charge in [-0.3, -0.25) is 20.3 Å². The summed E-state index contributed by atoms with van der Waals surface area (Å²) in [6.45, 7) is 5.27. The lowest BCUT2D eigenvalue weighted by Gasteiger charge is -2.41. The van der Waals surface area contributed by atoms with Crippen LogP contribution in [0.3, 0.4) is 0 Å². The Labute approximate surface area is 132 Å². The summed E-state index contributed by atoms with van der Waals surface area (Å²) in [5.74, 6) is 0.522. The second-order valence-electron chi connectivity index (χ2n) is 6.74. The number of nitrogens with zero attached hydrogens (tertiary/aromatic N) is 2. The van der Waals surface area contributed by atoms with Gasteiger partial charge in [-0.05, 0) is 31.6 Å². The number of nitrogens with one attached hydrogen (secondary N) is 2. The largest absolute Gasteiger partial charge is 0.328 e. The maximum absolute atomic E-state index is 12.7. The maximum atomic E-state index is 12.7. The quantitative estimate of drug-likeness (QED) is 0.807. The molecule has 0 radical (unpaired) electrons. The van der Waals surface area contributed by atoms with Gasteiger partial charge in [0.2, 0.25) is 0 Å². The molecule has 0 aromatic carbocycles. The highest BCUT2D eigenvalue weighted by molar-refractivity contribution is 6.00. The van der Waals surface area contributed by atoms with E-state index in [2.05, 4.69) is 17.6 Å². The predicted octanol–water partition coefficient (Wildman–Crippen LogP) is 1.47. The van der Waals surface area contributed by atoms with Crippen molar-refractivity contribution in [3.63, 3.8) is 0 Å². The summed E-state index contributed by atoms with van der Waals surface area (Å²) in [5, 5.41) is 7.03. The average Bonchev–Trinajstić information content (AvgIpc) is 3.16. The smallest absolute Gasteiger partial charge is 0.307 e. The minimum atomic E-state index is -0.290. The lowest BCUT2D eigenvalue weighted by atomic mass is 10.1. The average molecular weight is 308 g/mol. The molecule has 2 saturated heterocycles. The van der Waals surface area contributed by atoms with E-state index in [4.69, 9.17) is 0 Å². The van der Waals surface area contributed by atoms with E-state index in [-0.39, 0.29) is 30.3 Å². The highest BCUT2D eigenvalue weighted by Gasteiger charge is 2.51. The molecule has 2 N–H and O–H groups in total. The second-order valence-corrected chi connectivity index (χ2v) is 6.74. The molecule has 3 fully saturated rings. The van der Waals surface area contributed by atoms with E-state index in [1.54, 1.807) is 0 Å². The third-order valence-corrected chi connectivity index (χ3v) is 5.15. The van der Waals surface area contributed by atoms with E-state index >= 15 is 0 Å². The Balaban J connectivity index is 1.79. The SMILES string of the molecule is CCCN1C(=O)C2NC(C3CCCC3)NC2N(CCC)C1=O. The van der Waals surface area contributed by atoms with Gasteiger partial charge in [-0.1, -0.05) is 26.7 Å². The molecule has 0 spiro atoms. The summed E-state index contributed by atoms with van der Waals surface area (Å²) >= 11 is 0. The van der Waals surface area contributed by atoms with Crippen molar-refractivity contribution >= 4 is 11.9 Å². The van der Waals surface area contributed by atoms with Gasteiger partial charge in [0.15, 0.2) is 0 Å². The summed E-state index contributed by atoms with van der Waals surface area (Å²) < 4.78 is 0. The molecule has 3 amide bonds. The molecule has 0 aromatic rings. The van der Waals surface area contributed by atoms with Crippen LogP contribution in [0.5, 0.6) is 0 Å². The molecule has 3 rings (SSSR count). The predicted molar refractivity (Wildman–Crippen MR) is 84.0 cm³/mol. The van der Waals surface area contributed by atoms with Crippen molar-refractivity contribution in [3.05, 3.63) is 0 Å². The number of imide groups is 1. The van der Waals surface area contributed by atoms with Gasteiger partial charge in [0, 0.05) is 13.1 Å². The van der Waals surface area contributed by atoms with Crippen LogP contribution in [0.25, 0.3) is 0 Å². The number of hydrogen-bond acceptors (Lipinski definition) is 4. The number of fused-ring (bicyclic) bond motifs is 1. The fraction of sp³-hybridized carbons (Fsp3) is 0.875. The van der Waals surface area contributed by atoms with Crippen molar-refractivity contribution in [2.45, 2.75) is 70.7 Å². The molecule has 6 heteroatoms. The van der Waals surface area contributed by atoms with Crippen LogP contribution < -0.4 is 10.6 Å². The van der Waals surface area contributed by atoms with E-state index in [9.17, 15) is 9.59 Å². The number of carbonyl (C=O) groups is 2. The minimum Gasteiger partial charge on any atom is -0.307 e. The third-order valence-electron chi connectivity index (χ3n) is 5.15. The van der Waals surface area contributed by atoms with Crippen LogP contribution in [0.4, 0.5) is 4.79 Å². The van der Waals surface area contributed by atoms with Crippen molar-refractivity contribution in [2.24, 2.45) is 5.92 Å². The first-order valence-corrected chi connectivity index (χ1v) is 8.81. The van der Waals surface area contributed by atoms with Crippen molar-refractivity contribution in [2.75, 3.05) is 13.1 Å². The van der Waals surface area contributed by atoms with Crippen molar-refractivity contribution in [1.29, 1.82) is 0 Å². The second kappa shape index (κ2) is 6.54. The molecule has 22 heavy (non-hydrogen) atoms. The fourth-order valence-electron chi connectivity index (χ4n) is 4.09. The molecule has 3 atom stereocenters. The Kier molecular flexibility index (Phi) is 4.68. The Hall–Kier alpha value is -1.14. The zero-order valence-corrected chi connectivity index (χ0v) is 13.7. The topological polar surface area (TPSA) is 64.7 Å². The van der Waals surface area contributed by atoms with Crippen molar-refractivity contribution in [3.8, 4) is 0 Å². The van der Waals surface area contributed by atoms with Gasteiger partial charge in [-0.2, -0.15) is 0 Å². The first-order valence-electron chi connectivity index (χ1n) is 8.81. The Morgan fingerprint density at radius 1 is 1.05 bits per heavy atom. The summed E-state index contributed by atoms with van der Waals surface area (Å²) in [4.78, 5) is 28.6. The van der Waals surface area contributed by atoms with Gasteiger partial charge in [-0.25, -0.2) is 4.79 Å². The lowest BCUT2D eigenvalue weighted by molar-refractivity contribution is -0.135. The summed E-state index contributed by atoms with van der Waals surface area (Å²) in [7, 11) is 0. The van der Waals surface area contributed by atoms with Crippen LogP contribution in [0, 0.1) is 5.92 Å².